The number of aliphatic carboxylic acids is 1. The van der Waals surface area contributed by atoms with Crippen LogP contribution < -0.4 is 10.6 Å². The number of carbonyl (C=O) groups is 2. The standard InChI is InChI=1S/C11H17N5O3/c17-10(18)7-16-6-9(14-15-16)11(19)13-5-1-4-12-8-2-3-8/h6,8,12H,1-5,7H2,(H,13,19)(H,17,18). The first-order valence-corrected chi connectivity index (χ1v) is 6.28. The average molecular weight is 267 g/mol. The van der Waals surface area contributed by atoms with Crippen LogP contribution in [0.3, 0.4) is 0 Å². The van der Waals surface area contributed by atoms with Gasteiger partial charge in [0.05, 0.1) is 6.20 Å². The lowest BCUT2D eigenvalue weighted by molar-refractivity contribution is -0.137. The predicted octanol–water partition coefficient (Wildman–Crippen LogP) is -0.765. The predicted molar refractivity (Wildman–Crippen MR) is 65.6 cm³/mol. The highest BCUT2D eigenvalue weighted by molar-refractivity contribution is 5.91. The van der Waals surface area contributed by atoms with Crippen molar-refractivity contribution in [3.8, 4) is 0 Å². The second-order valence-corrected chi connectivity index (χ2v) is 4.53. The normalized spacial score (nSPS) is 14.3. The van der Waals surface area contributed by atoms with Gasteiger partial charge in [-0.2, -0.15) is 0 Å². The Bertz CT molecular complexity index is 455. The van der Waals surface area contributed by atoms with E-state index in [1.807, 2.05) is 0 Å². The molecule has 1 fully saturated rings. The van der Waals surface area contributed by atoms with E-state index in [1.165, 1.54) is 19.0 Å². The van der Waals surface area contributed by atoms with Gasteiger partial charge in [-0.25, -0.2) is 4.68 Å². The van der Waals surface area contributed by atoms with E-state index in [0.29, 0.717) is 12.6 Å². The molecule has 0 atom stereocenters. The lowest BCUT2D eigenvalue weighted by atomic mass is 10.4. The molecule has 0 bridgehead atoms. The summed E-state index contributed by atoms with van der Waals surface area (Å²) in [5.74, 6) is -1.36. The van der Waals surface area contributed by atoms with Crippen molar-refractivity contribution >= 4 is 11.9 Å². The Morgan fingerprint density at radius 3 is 2.89 bits per heavy atom. The number of hydrogen-bond acceptors (Lipinski definition) is 5. The monoisotopic (exact) mass is 267 g/mol. The number of carboxylic acids is 1. The van der Waals surface area contributed by atoms with Crippen molar-refractivity contribution in [1.29, 1.82) is 0 Å². The van der Waals surface area contributed by atoms with Crippen LogP contribution in [0.4, 0.5) is 0 Å². The van der Waals surface area contributed by atoms with Crippen LogP contribution in [-0.2, 0) is 11.3 Å². The Labute approximate surface area is 110 Å². The number of aromatic nitrogens is 3. The van der Waals surface area contributed by atoms with Gasteiger partial charge in [0.2, 0.25) is 0 Å². The maximum Gasteiger partial charge on any atom is 0.325 e. The Morgan fingerprint density at radius 1 is 1.42 bits per heavy atom. The van der Waals surface area contributed by atoms with E-state index in [1.54, 1.807) is 0 Å². The number of nitrogens with zero attached hydrogens (tertiary/aromatic N) is 3. The number of rotatable bonds is 8. The fourth-order valence-corrected chi connectivity index (χ4v) is 1.59. The van der Waals surface area contributed by atoms with Gasteiger partial charge in [-0.3, -0.25) is 9.59 Å². The van der Waals surface area contributed by atoms with E-state index >= 15 is 0 Å². The third kappa shape index (κ3) is 4.66. The fourth-order valence-electron chi connectivity index (χ4n) is 1.59. The molecule has 0 unspecified atom stereocenters. The van der Waals surface area contributed by atoms with Crippen LogP contribution in [0.1, 0.15) is 29.8 Å². The van der Waals surface area contributed by atoms with Crippen LogP contribution in [0.15, 0.2) is 6.20 Å². The van der Waals surface area contributed by atoms with Gasteiger partial charge in [0.1, 0.15) is 6.54 Å². The first kappa shape index (κ1) is 13.5. The summed E-state index contributed by atoms with van der Waals surface area (Å²) < 4.78 is 1.12. The third-order valence-electron chi connectivity index (χ3n) is 2.72. The van der Waals surface area contributed by atoms with E-state index in [2.05, 4.69) is 20.9 Å². The zero-order valence-corrected chi connectivity index (χ0v) is 10.5. The van der Waals surface area contributed by atoms with Gasteiger partial charge in [-0.05, 0) is 25.8 Å². The van der Waals surface area contributed by atoms with E-state index in [0.717, 1.165) is 17.6 Å². The molecule has 1 aromatic heterocycles. The summed E-state index contributed by atoms with van der Waals surface area (Å²) in [7, 11) is 0. The molecule has 3 N–H and O–H groups in total. The molecule has 1 heterocycles. The lowest BCUT2D eigenvalue weighted by Crippen LogP contribution is -2.28. The van der Waals surface area contributed by atoms with E-state index in [4.69, 9.17) is 5.11 Å². The molecule has 2 rings (SSSR count). The van der Waals surface area contributed by atoms with Gasteiger partial charge in [-0.15, -0.1) is 5.10 Å². The van der Waals surface area contributed by atoms with Crippen molar-refractivity contribution < 1.29 is 14.7 Å². The molecule has 0 saturated heterocycles. The van der Waals surface area contributed by atoms with Crippen molar-refractivity contribution in [2.24, 2.45) is 0 Å². The molecular formula is C11H17N5O3. The van der Waals surface area contributed by atoms with Gasteiger partial charge >= 0.3 is 5.97 Å². The summed E-state index contributed by atoms with van der Waals surface area (Å²) in [6.07, 6.45) is 4.68. The maximum atomic E-state index is 11.7. The number of carboxylic acid groups (broad SMARTS) is 1. The molecule has 1 saturated carbocycles. The van der Waals surface area contributed by atoms with E-state index in [-0.39, 0.29) is 18.1 Å². The average Bonchev–Trinajstić information content (AvgIpc) is 3.06. The largest absolute Gasteiger partial charge is 0.480 e. The van der Waals surface area contributed by atoms with Crippen LogP contribution in [0.5, 0.6) is 0 Å². The summed E-state index contributed by atoms with van der Waals surface area (Å²) in [6.45, 7) is 1.15. The quantitative estimate of drug-likeness (QED) is 0.534. The van der Waals surface area contributed by atoms with Gasteiger partial charge in [0, 0.05) is 12.6 Å². The van der Waals surface area contributed by atoms with Crippen LogP contribution in [0.2, 0.25) is 0 Å². The molecule has 1 aromatic rings. The topological polar surface area (TPSA) is 109 Å². The fraction of sp³-hybridized carbons (Fsp3) is 0.636. The van der Waals surface area contributed by atoms with Crippen molar-refractivity contribution in [2.75, 3.05) is 13.1 Å². The Morgan fingerprint density at radius 2 is 2.21 bits per heavy atom. The highest BCUT2D eigenvalue weighted by Crippen LogP contribution is 2.18. The smallest absolute Gasteiger partial charge is 0.325 e. The van der Waals surface area contributed by atoms with Crippen molar-refractivity contribution in [3.05, 3.63) is 11.9 Å². The summed E-state index contributed by atoms with van der Waals surface area (Å²) in [5.41, 5.74) is 0.136. The van der Waals surface area contributed by atoms with E-state index in [9.17, 15) is 9.59 Å². The van der Waals surface area contributed by atoms with Gasteiger partial charge in [0.25, 0.3) is 5.91 Å². The highest BCUT2D eigenvalue weighted by atomic mass is 16.4. The maximum absolute atomic E-state index is 11.7. The minimum absolute atomic E-state index is 0.136. The molecule has 0 radical (unpaired) electrons. The molecule has 8 nitrogen and oxygen atoms in total. The minimum Gasteiger partial charge on any atom is -0.480 e. The van der Waals surface area contributed by atoms with Gasteiger partial charge in [-0.1, -0.05) is 5.21 Å². The number of nitrogens with one attached hydrogen (secondary N) is 2. The van der Waals surface area contributed by atoms with Gasteiger partial charge in [0.15, 0.2) is 5.69 Å². The first-order chi connectivity index (χ1) is 9.15. The summed E-state index contributed by atoms with van der Waals surface area (Å²) in [4.78, 5) is 22.1. The first-order valence-electron chi connectivity index (χ1n) is 6.28. The van der Waals surface area contributed by atoms with Crippen LogP contribution >= 0.6 is 0 Å². The Balaban J connectivity index is 1.66. The molecule has 8 heteroatoms. The molecule has 1 amide bonds. The second kappa shape index (κ2) is 6.28. The molecule has 1 aliphatic rings. The minimum atomic E-state index is -1.02. The number of amides is 1. The zero-order chi connectivity index (χ0) is 13.7. The third-order valence-corrected chi connectivity index (χ3v) is 2.72. The Hall–Kier alpha value is -1.96. The molecule has 19 heavy (non-hydrogen) atoms. The van der Waals surface area contributed by atoms with Crippen molar-refractivity contribution in [2.45, 2.75) is 31.8 Å². The molecule has 0 aliphatic heterocycles. The van der Waals surface area contributed by atoms with E-state index < -0.39 is 5.97 Å². The molecular weight excluding hydrogens is 250 g/mol. The van der Waals surface area contributed by atoms with Crippen LogP contribution in [0, 0.1) is 0 Å². The Kier molecular flexibility index (Phi) is 4.45. The summed E-state index contributed by atoms with van der Waals surface area (Å²) in [5, 5.41) is 21.8. The van der Waals surface area contributed by atoms with Crippen molar-refractivity contribution in [1.82, 2.24) is 25.6 Å². The molecule has 104 valence electrons. The SMILES string of the molecule is O=C(O)Cn1cc(C(=O)NCCCNC2CC2)nn1. The molecule has 1 aliphatic carbocycles. The summed E-state index contributed by atoms with van der Waals surface area (Å²) >= 11 is 0. The molecule has 0 aromatic carbocycles. The summed E-state index contributed by atoms with van der Waals surface area (Å²) in [6, 6.07) is 0.673. The molecule has 0 spiro atoms. The number of hydrogen-bond donors (Lipinski definition) is 3. The lowest BCUT2D eigenvalue weighted by Gasteiger charge is -2.03. The van der Waals surface area contributed by atoms with Crippen molar-refractivity contribution in [3.63, 3.8) is 0 Å². The van der Waals surface area contributed by atoms with Crippen LogP contribution in [-0.4, -0.2) is 51.1 Å². The highest BCUT2D eigenvalue weighted by Gasteiger charge is 2.19. The van der Waals surface area contributed by atoms with Crippen LogP contribution in [0.25, 0.3) is 0 Å². The van der Waals surface area contributed by atoms with Gasteiger partial charge < -0.3 is 15.7 Å². The second-order valence-electron chi connectivity index (χ2n) is 4.53. The zero-order valence-electron chi connectivity index (χ0n) is 10.5. The number of carbonyl (C=O) groups excluding carboxylic acids is 1.